The Morgan fingerprint density at radius 2 is 2.12 bits per heavy atom. The number of allylic oxidation sites excluding steroid dienone is 1. The minimum atomic E-state index is -0.197. The standard InChI is InChI=1S/C13H17BrN2O/c1-10(2)7-8-15-13(17)16-9-11-5-3-4-6-12(11)14/h3-8,10H,9H2,1-2H3,(H2,15,16,17)/b8-7+. The number of rotatable bonds is 4. The molecule has 0 heterocycles. The Bertz CT molecular complexity index is 402. The van der Waals surface area contributed by atoms with Crippen molar-refractivity contribution < 1.29 is 4.79 Å². The summed E-state index contributed by atoms with van der Waals surface area (Å²) in [4.78, 5) is 11.4. The molecule has 1 aromatic carbocycles. The van der Waals surface area contributed by atoms with Crippen molar-refractivity contribution in [2.75, 3.05) is 0 Å². The van der Waals surface area contributed by atoms with Gasteiger partial charge in [0, 0.05) is 17.2 Å². The predicted octanol–water partition coefficient (Wildman–Crippen LogP) is 3.42. The summed E-state index contributed by atoms with van der Waals surface area (Å²) < 4.78 is 0.998. The van der Waals surface area contributed by atoms with E-state index < -0.39 is 0 Å². The molecule has 1 aromatic rings. The second-order valence-electron chi connectivity index (χ2n) is 4.02. The van der Waals surface area contributed by atoms with E-state index >= 15 is 0 Å². The largest absolute Gasteiger partial charge is 0.334 e. The smallest absolute Gasteiger partial charge is 0.319 e. The highest BCUT2D eigenvalue weighted by Crippen LogP contribution is 2.15. The fourth-order valence-corrected chi connectivity index (χ4v) is 1.61. The summed E-state index contributed by atoms with van der Waals surface area (Å²) in [5.74, 6) is 0.429. The molecule has 0 atom stereocenters. The molecule has 0 saturated heterocycles. The van der Waals surface area contributed by atoms with E-state index in [1.807, 2.05) is 30.3 Å². The zero-order chi connectivity index (χ0) is 12.7. The summed E-state index contributed by atoms with van der Waals surface area (Å²) in [6.45, 7) is 4.61. The zero-order valence-corrected chi connectivity index (χ0v) is 11.6. The van der Waals surface area contributed by atoms with Gasteiger partial charge in [0.25, 0.3) is 0 Å². The quantitative estimate of drug-likeness (QED) is 0.878. The number of hydrogen-bond donors (Lipinski definition) is 2. The molecule has 0 bridgehead atoms. The van der Waals surface area contributed by atoms with Crippen molar-refractivity contribution in [3.05, 3.63) is 46.6 Å². The molecule has 1 rings (SSSR count). The maximum atomic E-state index is 11.4. The molecule has 0 unspecified atom stereocenters. The van der Waals surface area contributed by atoms with Crippen LogP contribution in [0.4, 0.5) is 4.79 Å². The van der Waals surface area contributed by atoms with E-state index in [-0.39, 0.29) is 6.03 Å². The third-order valence-corrected chi connectivity index (χ3v) is 2.87. The zero-order valence-electron chi connectivity index (χ0n) is 10.0. The van der Waals surface area contributed by atoms with Crippen LogP contribution in [0.5, 0.6) is 0 Å². The summed E-state index contributed by atoms with van der Waals surface area (Å²) in [5, 5.41) is 5.44. The first-order valence-corrected chi connectivity index (χ1v) is 6.33. The highest BCUT2D eigenvalue weighted by molar-refractivity contribution is 9.10. The van der Waals surface area contributed by atoms with E-state index in [0.717, 1.165) is 10.0 Å². The first-order valence-electron chi connectivity index (χ1n) is 5.54. The van der Waals surface area contributed by atoms with E-state index in [0.29, 0.717) is 12.5 Å². The minimum absolute atomic E-state index is 0.197. The van der Waals surface area contributed by atoms with Crippen LogP contribution in [0.2, 0.25) is 0 Å². The molecular weight excluding hydrogens is 280 g/mol. The fourth-order valence-electron chi connectivity index (χ4n) is 1.18. The van der Waals surface area contributed by atoms with E-state index in [9.17, 15) is 4.79 Å². The minimum Gasteiger partial charge on any atom is -0.334 e. The van der Waals surface area contributed by atoms with Gasteiger partial charge in [-0.3, -0.25) is 0 Å². The summed E-state index contributed by atoms with van der Waals surface area (Å²) in [7, 11) is 0. The first kappa shape index (κ1) is 13.8. The van der Waals surface area contributed by atoms with Crippen LogP contribution >= 0.6 is 15.9 Å². The van der Waals surface area contributed by atoms with Crippen molar-refractivity contribution in [1.29, 1.82) is 0 Å². The van der Waals surface area contributed by atoms with Gasteiger partial charge in [0.1, 0.15) is 0 Å². The summed E-state index contributed by atoms with van der Waals surface area (Å²) in [6.07, 6.45) is 3.60. The van der Waals surface area contributed by atoms with Gasteiger partial charge in [0.15, 0.2) is 0 Å². The lowest BCUT2D eigenvalue weighted by Crippen LogP contribution is -2.31. The highest BCUT2D eigenvalue weighted by Gasteiger charge is 2.00. The number of halogens is 1. The van der Waals surface area contributed by atoms with E-state index in [1.54, 1.807) is 6.20 Å². The van der Waals surface area contributed by atoms with Gasteiger partial charge in [-0.2, -0.15) is 0 Å². The monoisotopic (exact) mass is 296 g/mol. The van der Waals surface area contributed by atoms with Gasteiger partial charge in [0.2, 0.25) is 0 Å². The molecule has 0 fully saturated rings. The van der Waals surface area contributed by atoms with Crippen molar-refractivity contribution in [3.8, 4) is 0 Å². The molecule has 0 aliphatic rings. The SMILES string of the molecule is CC(C)/C=C/NC(=O)NCc1ccccc1Br. The van der Waals surface area contributed by atoms with Crippen LogP contribution < -0.4 is 10.6 Å². The van der Waals surface area contributed by atoms with Gasteiger partial charge in [0.05, 0.1) is 0 Å². The molecule has 0 aromatic heterocycles. The van der Waals surface area contributed by atoms with Crippen LogP contribution in [-0.2, 0) is 6.54 Å². The molecule has 0 aliphatic carbocycles. The molecule has 2 N–H and O–H groups in total. The summed E-state index contributed by atoms with van der Waals surface area (Å²) in [6, 6.07) is 7.61. The number of carbonyl (C=O) groups excluding carboxylic acids is 1. The number of benzene rings is 1. The van der Waals surface area contributed by atoms with Crippen LogP contribution in [-0.4, -0.2) is 6.03 Å². The van der Waals surface area contributed by atoms with Crippen LogP contribution in [0.1, 0.15) is 19.4 Å². The predicted molar refractivity (Wildman–Crippen MR) is 73.5 cm³/mol. The average molecular weight is 297 g/mol. The Morgan fingerprint density at radius 3 is 2.76 bits per heavy atom. The first-order chi connectivity index (χ1) is 8.09. The molecule has 3 nitrogen and oxygen atoms in total. The third-order valence-electron chi connectivity index (χ3n) is 2.09. The molecular formula is C13H17BrN2O. The Balaban J connectivity index is 2.36. The highest BCUT2D eigenvalue weighted by atomic mass is 79.9. The van der Waals surface area contributed by atoms with Crippen molar-refractivity contribution in [2.24, 2.45) is 5.92 Å². The lowest BCUT2D eigenvalue weighted by atomic mass is 10.2. The molecule has 0 saturated carbocycles. The number of carbonyl (C=O) groups is 1. The summed E-state index contributed by atoms with van der Waals surface area (Å²) >= 11 is 3.43. The molecule has 2 amide bonds. The van der Waals surface area contributed by atoms with Crippen molar-refractivity contribution in [1.82, 2.24) is 10.6 Å². The number of hydrogen-bond acceptors (Lipinski definition) is 1. The molecule has 0 radical (unpaired) electrons. The lowest BCUT2D eigenvalue weighted by molar-refractivity contribution is 0.243. The fraction of sp³-hybridized carbons (Fsp3) is 0.308. The normalized spacial score (nSPS) is 10.8. The van der Waals surface area contributed by atoms with Crippen molar-refractivity contribution >= 4 is 22.0 Å². The van der Waals surface area contributed by atoms with Crippen LogP contribution in [0.25, 0.3) is 0 Å². The maximum absolute atomic E-state index is 11.4. The summed E-state index contributed by atoms with van der Waals surface area (Å²) in [5.41, 5.74) is 1.05. The second-order valence-corrected chi connectivity index (χ2v) is 4.88. The Morgan fingerprint density at radius 1 is 1.41 bits per heavy atom. The average Bonchev–Trinajstić information content (AvgIpc) is 2.27. The lowest BCUT2D eigenvalue weighted by Gasteiger charge is -2.06. The second kappa shape index (κ2) is 7.12. The van der Waals surface area contributed by atoms with E-state index in [1.165, 1.54) is 0 Å². The maximum Gasteiger partial charge on any atom is 0.319 e. The topological polar surface area (TPSA) is 41.1 Å². The van der Waals surface area contributed by atoms with Crippen LogP contribution in [0.3, 0.4) is 0 Å². The molecule has 92 valence electrons. The third kappa shape index (κ3) is 5.54. The number of nitrogens with one attached hydrogen (secondary N) is 2. The van der Waals surface area contributed by atoms with Gasteiger partial charge in [-0.05, 0) is 17.5 Å². The van der Waals surface area contributed by atoms with E-state index in [4.69, 9.17) is 0 Å². The Labute approximate surface area is 110 Å². The van der Waals surface area contributed by atoms with Gasteiger partial charge >= 0.3 is 6.03 Å². The number of amides is 2. The van der Waals surface area contributed by atoms with Gasteiger partial charge in [-0.15, -0.1) is 0 Å². The van der Waals surface area contributed by atoms with Crippen molar-refractivity contribution in [3.63, 3.8) is 0 Å². The Kier molecular flexibility index (Phi) is 5.77. The van der Waals surface area contributed by atoms with Crippen LogP contribution in [0, 0.1) is 5.92 Å². The van der Waals surface area contributed by atoms with Crippen LogP contribution in [0.15, 0.2) is 41.0 Å². The molecule has 0 spiro atoms. The Hall–Kier alpha value is -1.29. The molecule has 0 aliphatic heterocycles. The van der Waals surface area contributed by atoms with Gasteiger partial charge in [-0.25, -0.2) is 4.79 Å². The number of urea groups is 1. The van der Waals surface area contributed by atoms with E-state index in [2.05, 4.69) is 40.4 Å². The van der Waals surface area contributed by atoms with Gasteiger partial charge in [-0.1, -0.05) is 54.1 Å². The van der Waals surface area contributed by atoms with Crippen molar-refractivity contribution in [2.45, 2.75) is 20.4 Å². The molecule has 4 heteroatoms. The molecule has 17 heavy (non-hydrogen) atoms. The van der Waals surface area contributed by atoms with Gasteiger partial charge < -0.3 is 10.6 Å².